The molecule has 0 saturated heterocycles. The van der Waals surface area contributed by atoms with E-state index in [9.17, 15) is 0 Å². The Bertz CT molecular complexity index is 279. The van der Waals surface area contributed by atoms with Crippen LogP contribution in [0.15, 0.2) is 41.4 Å². The molecule has 14 heavy (non-hydrogen) atoms. The van der Waals surface area contributed by atoms with Crippen molar-refractivity contribution in [3.63, 3.8) is 0 Å². The molecule has 1 N–H and O–H groups in total. The van der Waals surface area contributed by atoms with Crippen LogP contribution >= 0.6 is 15.9 Å². The van der Waals surface area contributed by atoms with E-state index in [1.165, 1.54) is 5.69 Å². The van der Waals surface area contributed by atoms with Crippen molar-refractivity contribution in [1.29, 1.82) is 0 Å². The Hall–Kier alpha value is -0.760. The SMILES string of the molecule is C=CCCC(C)Nc1ccc(Br)cc1. The summed E-state index contributed by atoms with van der Waals surface area (Å²) in [7, 11) is 0. The fourth-order valence-corrected chi connectivity index (χ4v) is 1.53. The molecule has 0 bridgehead atoms. The van der Waals surface area contributed by atoms with Crippen molar-refractivity contribution in [2.45, 2.75) is 25.8 Å². The second-order valence-corrected chi connectivity index (χ2v) is 4.33. The predicted octanol–water partition coefficient (Wildman–Crippen LogP) is 4.22. The summed E-state index contributed by atoms with van der Waals surface area (Å²) in [5.74, 6) is 0. The number of nitrogens with one attached hydrogen (secondary N) is 1. The van der Waals surface area contributed by atoms with Crippen molar-refractivity contribution in [2.75, 3.05) is 5.32 Å². The summed E-state index contributed by atoms with van der Waals surface area (Å²) in [6.45, 7) is 5.90. The Morgan fingerprint density at radius 3 is 2.64 bits per heavy atom. The molecule has 0 saturated carbocycles. The highest BCUT2D eigenvalue weighted by Crippen LogP contribution is 2.15. The van der Waals surface area contributed by atoms with Crippen LogP contribution in [0.1, 0.15) is 19.8 Å². The lowest BCUT2D eigenvalue weighted by Crippen LogP contribution is -2.14. The van der Waals surface area contributed by atoms with Gasteiger partial charge in [-0.05, 0) is 44.0 Å². The largest absolute Gasteiger partial charge is 0.383 e. The lowest BCUT2D eigenvalue weighted by molar-refractivity contribution is 0.719. The molecule has 0 aliphatic heterocycles. The van der Waals surface area contributed by atoms with Crippen LogP contribution in [-0.4, -0.2) is 6.04 Å². The molecule has 2 heteroatoms. The molecule has 0 heterocycles. The normalized spacial score (nSPS) is 12.1. The highest BCUT2D eigenvalue weighted by Gasteiger charge is 1.99. The first-order valence-corrected chi connectivity index (χ1v) is 5.64. The van der Waals surface area contributed by atoms with Gasteiger partial charge < -0.3 is 5.32 Å². The number of anilines is 1. The van der Waals surface area contributed by atoms with Crippen molar-refractivity contribution in [3.8, 4) is 0 Å². The molecule has 0 fully saturated rings. The number of rotatable bonds is 5. The molecule has 1 rings (SSSR count). The summed E-state index contributed by atoms with van der Waals surface area (Å²) in [6.07, 6.45) is 4.14. The van der Waals surface area contributed by atoms with E-state index in [2.05, 4.69) is 46.9 Å². The van der Waals surface area contributed by atoms with Gasteiger partial charge in [-0.2, -0.15) is 0 Å². The molecule has 1 aromatic carbocycles. The molecule has 1 atom stereocenters. The fourth-order valence-electron chi connectivity index (χ4n) is 1.27. The van der Waals surface area contributed by atoms with E-state index in [1.807, 2.05) is 18.2 Å². The summed E-state index contributed by atoms with van der Waals surface area (Å²) in [6, 6.07) is 8.74. The summed E-state index contributed by atoms with van der Waals surface area (Å²) in [5, 5.41) is 3.44. The fraction of sp³-hybridized carbons (Fsp3) is 0.333. The Kier molecular flexibility index (Phi) is 4.74. The van der Waals surface area contributed by atoms with Crippen LogP contribution in [0.4, 0.5) is 5.69 Å². The van der Waals surface area contributed by atoms with E-state index in [0.29, 0.717) is 6.04 Å². The molecule has 76 valence electrons. The Balaban J connectivity index is 2.43. The predicted molar refractivity (Wildman–Crippen MR) is 66.7 cm³/mol. The summed E-state index contributed by atoms with van der Waals surface area (Å²) >= 11 is 3.41. The molecule has 1 nitrogen and oxygen atoms in total. The van der Waals surface area contributed by atoms with Gasteiger partial charge in [0.2, 0.25) is 0 Å². The maximum Gasteiger partial charge on any atom is 0.0342 e. The molecule has 0 aliphatic rings. The third-order valence-electron chi connectivity index (χ3n) is 2.06. The summed E-state index contributed by atoms with van der Waals surface area (Å²) < 4.78 is 1.11. The lowest BCUT2D eigenvalue weighted by Gasteiger charge is -2.14. The van der Waals surface area contributed by atoms with Crippen molar-refractivity contribution in [3.05, 3.63) is 41.4 Å². The van der Waals surface area contributed by atoms with E-state index >= 15 is 0 Å². The molecule has 0 aliphatic carbocycles. The van der Waals surface area contributed by atoms with Gasteiger partial charge in [-0.15, -0.1) is 6.58 Å². The average Bonchev–Trinajstić information content (AvgIpc) is 2.18. The van der Waals surface area contributed by atoms with Crippen LogP contribution in [0.2, 0.25) is 0 Å². The highest BCUT2D eigenvalue weighted by atomic mass is 79.9. The topological polar surface area (TPSA) is 12.0 Å². The summed E-state index contributed by atoms with van der Waals surface area (Å²) in [5.41, 5.74) is 1.17. The molecule has 1 aromatic rings. The number of hydrogen-bond donors (Lipinski definition) is 1. The van der Waals surface area contributed by atoms with Crippen LogP contribution in [0.5, 0.6) is 0 Å². The van der Waals surface area contributed by atoms with Gasteiger partial charge in [0.15, 0.2) is 0 Å². The second kappa shape index (κ2) is 5.86. The van der Waals surface area contributed by atoms with Crippen molar-refractivity contribution in [1.82, 2.24) is 0 Å². The zero-order valence-electron chi connectivity index (χ0n) is 8.46. The van der Waals surface area contributed by atoms with E-state index in [0.717, 1.165) is 17.3 Å². The van der Waals surface area contributed by atoms with Crippen LogP contribution in [-0.2, 0) is 0 Å². The Labute approximate surface area is 94.3 Å². The molecule has 0 radical (unpaired) electrons. The molecular weight excluding hydrogens is 238 g/mol. The van der Waals surface area contributed by atoms with Gasteiger partial charge in [-0.3, -0.25) is 0 Å². The number of allylic oxidation sites excluding steroid dienone is 1. The van der Waals surface area contributed by atoms with Crippen molar-refractivity contribution < 1.29 is 0 Å². The lowest BCUT2D eigenvalue weighted by atomic mass is 10.1. The van der Waals surface area contributed by atoms with Crippen LogP contribution < -0.4 is 5.32 Å². The molecule has 1 unspecified atom stereocenters. The van der Waals surface area contributed by atoms with Gasteiger partial charge in [0, 0.05) is 16.2 Å². The van der Waals surface area contributed by atoms with E-state index < -0.39 is 0 Å². The van der Waals surface area contributed by atoms with Crippen molar-refractivity contribution in [2.24, 2.45) is 0 Å². The highest BCUT2D eigenvalue weighted by molar-refractivity contribution is 9.10. The average molecular weight is 254 g/mol. The number of benzene rings is 1. The van der Waals surface area contributed by atoms with Gasteiger partial charge in [0.05, 0.1) is 0 Å². The Morgan fingerprint density at radius 1 is 1.43 bits per heavy atom. The molecule has 0 amide bonds. The smallest absolute Gasteiger partial charge is 0.0342 e. The second-order valence-electron chi connectivity index (χ2n) is 3.42. The summed E-state index contributed by atoms with van der Waals surface area (Å²) in [4.78, 5) is 0. The first kappa shape index (κ1) is 11.3. The van der Waals surface area contributed by atoms with Gasteiger partial charge in [0.25, 0.3) is 0 Å². The van der Waals surface area contributed by atoms with Crippen LogP contribution in [0.3, 0.4) is 0 Å². The monoisotopic (exact) mass is 253 g/mol. The molecule has 0 aromatic heterocycles. The maximum atomic E-state index is 3.72. The van der Waals surface area contributed by atoms with Gasteiger partial charge in [-0.25, -0.2) is 0 Å². The number of halogens is 1. The standard InChI is InChI=1S/C12H16BrN/c1-3-4-5-10(2)14-12-8-6-11(13)7-9-12/h3,6-10,14H,1,4-5H2,2H3. The van der Waals surface area contributed by atoms with E-state index in [1.54, 1.807) is 0 Å². The third-order valence-corrected chi connectivity index (χ3v) is 2.59. The number of hydrogen-bond acceptors (Lipinski definition) is 1. The Morgan fingerprint density at radius 2 is 2.07 bits per heavy atom. The minimum absolute atomic E-state index is 0.495. The molecular formula is C12H16BrN. The van der Waals surface area contributed by atoms with Gasteiger partial charge >= 0.3 is 0 Å². The van der Waals surface area contributed by atoms with Crippen LogP contribution in [0.25, 0.3) is 0 Å². The first-order valence-electron chi connectivity index (χ1n) is 4.85. The maximum absolute atomic E-state index is 3.72. The minimum Gasteiger partial charge on any atom is -0.383 e. The van der Waals surface area contributed by atoms with Crippen LogP contribution in [0, 0.1) is 0 Å². The first-order chi connectivity index (χ1) is 6.72. The molecule has 0 spiro atoms. The quantitative estimate of drug-likeness (QED) is 0.776. The zero-order valence-corrected chi connectivity index (χ0v) is 10.0. The van der Waals surface area contributed by atoms with Crippen molar-refractivity contribution >= 4 is 21.6 Å². The van der Waals surface area contributed by atoms with E-state index in [4.69, 9.17) is 0 Å². The third kappa shape index (κ3) is 3.97. The zero-order chi connectivity index (χ0) is 10.4. The van der Waals surface area contributed by atoms with Gasteiger partial charge in [-0.1, -0.05) is 22.0 Å². The minimum atomic E-state index is 0.495. The van der Waals surface area contributed by atoms with Gasteiger partial charge in [0.1, 0.15) is 0 Å². The van der Waals surface area contributed by atoms with E-state index in [-0.39, 0.29) is 0 Å².